The van der Waals surface area contributed by atoms with Crippen LogP contribution in [0, 0.1) is 12.3 Å². The number of aryl methyl sites for hydroxylation is 1. The van der Waals surface area contributed by atoms with Gasteiger partial charge in [0.15, 0.2) is 0 Å². The first-order valence-corrected chi connectivity index (χ1v) is 6.97. The van der Waals surface area contributed by atoms with E-state index in [1.807, 2.05) is 19.2 Å². The number of rotatable bonds is 1. The van der Waals surface area contributed by atoms with E-state index in [0.29, 0.717) is 5.41 Å². The quantitative estimate of drug-likeness (QED) is 0.710. The van der Waals surface area contributed by atoms with E-state index >= 15 is 0 Å². The lowest BCUT2D eigenvalue weighted by Crippen LogP contribution is -2.44. The molecule has 1 unspecified atom stereocenters. The van der Waals surface area contributed by atoms with E-state index in [9.17, 15) is 0 Å². The molecule has 3 heteroatoms. The monoisotopic (exact) mass is 243 g/mol. The van der Waals surface area contributed by atoms with Gasteiger partial charge in [-0.3, -0.25) is 0 Å². The van der Waals surface area contributed by atoms with Gasteiger partial charge in [-0.2, -0.15) is 0 Å². The summed E-state index contributed by atoms with van der Waals surface area (Å²) in [7, 11) is 0. The van der Waals surface area contributed by atoms with Crippen molar-refractivity contribution < 1.29 is 0 Å². The summed E-state index contributed by atoms with van der Waals surface area (Å²) in [4.78, 5) is 11.4. The van der Waals surface area contributed by atoms with Gasteiger partial charge in [-0.05, 0) is 50.5 Å². The molecule has 0 amide bonds. The predicted octanol–water partition coefficient (Wildman–Crippen LogP) is 3.11. The van der Waals surface area contributed by atoms with Crippen molar-refractivity contribution >= 4 is 5.95 Å². The maximum atomic E-state index is 4.57. The fourth-order valence-corrected chi connectivity index (χ4v) is 3.28. The summed E-state index contributed by atoms with van der Waals surface area (Å²) in [5, 5.41) is 0. The molecule has 1 saturated heterocycles. The number of piperidine rings is 1. The van der Waals surface area contributed by atoms with Gasteiger partial charge in [0, 0.05) is 25.0 Å². The molecule has 0 N–H and O–H groups in total. The Kier molecular flexibility index (Phi) is 3.06. The van der Waals surface area contributed by atoms with Crippen molar-refractivity contribution in [3.05, 3.63) is 30.1 Å². The Bertz CT molecular complexity index is 455. The Balaban J connectivity index is 1.80. The molecule has 2 heterocycles. The highest BCUT2D eigenvalue weighted by Gasteiger charge is 2.35. The Labute approximate surface area is 109 Å². The molecular formula is C15H21N3. The number of allylic oxidation sites excluding steroid dienone is 2. The van der Waals surface area contributed by atoms with Gasteiger partial charge >= 0.3 is 0 Å². The third-order valence-electron chi connectivity index (χ3n) is 4.29. The van der Waals surface area contributed by atoms with E-state index in [1.54, 1.807) is 0 Å². The summed E-state index contributed by atoms with van der Waals surface area (Å²) in [5.74, 6) is 0.920. The molecule has 2 aliphatic rings. The first kappa shape index (κ1) is 11.7. The smallest absolute Gasteiger partial charge is 0.225 e. The highest BCUT2D eigenvalue weighted by atomic mass is 15.3. The maximum absolute atomic E-state index is 4.57. The summed E-state index contributed by atoms with van der Waals surface area (Å²) >= 11 is 0. The second kappa shape index (κ2) is 4.71. The zero-order chi connectivity index (χ0) is 12.4. The summed E-state index contributed by atoms with van der Waals surface area (Å²) in [6.07, 6.45) is 13.0. The lowest BCUT2D eigenvalue weighted by Gasteiger charge is -2.43. The summed E-state index contributed by atoms with van der Waals surface area (Å²) < 4.78 is 0. The van der Waals surface area contributed by atoms with E-state index in [4.69, 9.17) is 0 Å². The number of hydrogen-bond donors (Lipinski definition) is 0. The van der Waals surface area contributed by atoms with Gasteiger partial charge in [-0.15, -0.1) is 0 Å². The number of aromatic nitrogens is 2. The van der Waals surface area contributed by atoms with Gasteiger partial charge in [-0.1, -0.05) is 12.2 Å². The largest absolute Gasteiger partial charge is 0.340 e. The van der Waals surface area contributed by atoms with Crippen molar-refractivity contribution in [1.29, 1.82) is 0 Å². The fourth-order valence-electron chi connectivity index (χ4n) is 3.28. The van der Waals surface area contributed by atoms with Gasteiger partial charge in [0.1, 0.15) is 0 Å². The van der Waals surface area contributed by atoms with Crippen molar-refractivity contribution in [2.24, 2.45) is 5.41 Å². The number of hydrogen-bond acceptors (Lipinski definition) is 3. The van der Waals surface area contributed by atoms with E-state index in [0.717, 1.165) is 24.7 Å². The van der Waals surface area contributed by atoms with Crippen LogP contribution in [0.15, 0.2) is 24.4 Å². The second-order valence-corrected chi connectivity index (χ2v) is 5.74. The van der Waals surface area contributed by atoms with Crippen LogP contribution in [0.1, 0.15) is 37.8 Å². The van der Waals surface area contributed by atoms with Crippen LogP contribution in [0.4, 0.5) is 5.95 Å². The molecule has 1 fully saturated rings. The minimum Gasteiger partial charge on any atom is -0.340 e. The average molecular weight is 243 g/mol. The molecule has 0 bridgehead atoms. The third kappa shape index (κ3) is 2.26. The van der Waals surface area contributed by atoms with E-state index in [1.165, 1.54) is 32.1 Å². The molecule has 0 radical (unpaired) electrons. The Morgan fingerprint density at radius 3 is 3.00 bits per heavy atom. The van der Waals surface area contributed by atoms with E-state index < -0.39 is 0 Å². The second-order valence-electron chi connectivity index (χ2n) is 5.74. The minimum atomic E-state index is 0.486. The molecular weight excluding hydrogens is 222 g/mol. The van der Waals surface area contributed by atoms with Crippen molar-refractivity contribution in [3.8, 4) is 0 Å². The average Bonchev–Trinajstić information content (AvgIpc) is 2.40. The summed E-state index contributed by atoms with van der Waals surface area (Å²) in [6, 6.07) is 1.96. The topological polar surface area (TPSA) is 29.0 Å². The van der Waals surface area contributed by atoms with Gasteiger partial charge < -0.3 is 4.90 Å². The van der Waals surface area contributed by atoms with Gasteiger partial charge in [-0.25, -0.2) is 9.97 Å². The molecule has 3 rings (SSSR count). The molecule has 1 aromatic heterocycles. The molecule has 1 spiro atoms. The van der Waals surface area contributed by atoms with Crippen LogP contribution in [-0.4, -0.2) is 23.1 Å². The molecule has 1 atom stereocenters. The van der Waals surface area contributed by atoms with Gasteiger partial charge in [0.25, 0.3) is 0 Å². The SMILES string of the molecule is Cc1ccnc(N2CCCC3(CC=CCC3)C2)n1. The highest BCUT2D eigenvalue weighted by Crippen LogP contribution is 2.41. The van der Waals surface area contributed by atoms with Crippen LogP contribution < -0.4 is 4.90 Å². The van der Waals surface area contributed by atoms with Crippen molar-refractivity contribution in [1.82, 2.24) is 9.97 Å². The zero-order valence-electron chi connectivity index (χ0n) is 11.1. The summed E-state index contributed by atoms with van der Waals surface area (Å²) in [5.41, 5.74) is 1.54. The van der Waals surface area contributed by atoms with Crippen molar-refractivity contribution in [2.75, 3.05) is 18.0 Å². The molecule has 0 saturated carbocycles. The summed E-state index contributed by atoms with van der Waals surface area (Å²) in [6.45, 7) is 4.27. The van der Waals surface area contributed by atoms with Crippen LogP contribution in [0.2, 0.25) is 0 Å². The lowest BCUT2D eigenvalue weighted by molar-refractivity contribution is 0.208. The number of anilines is 1. The Morgan fingerprint density at radius 2 is 2.22 bits per heavy atom. The van der Waals surface area contributed by atoms with Crippen molar-refractivity contribution in [2.45, 2.75) is 39.0 Å². The zero-order valence-corrected chi connectivity index (χ0v) is 11.1. The predicted molar refractivity (Wildman–Crippen MR) is 73.6 cm³/mol. The standard InChI is InChI=1S/C15H21N3/c1-13-6-10-16-14(17-13)18-11-5-9-15(12-18)7-3-2-4-8-15/h2-3,6,10H,4-5,7-9,11-12H2,1H3. The third-order valence-corrected chi connectivity index (χ3v) is 4.29. The van der Waals surface area contributed by atoms with Gasteiger partial charge in [0.2, 0.25) is 5.95 Å². The normalized spacial score (nSPS) is 27.7. The Morgan fingerprint density at radius 1 is 1.28 bits per heavy atom. The molecule has 3 nitrogen and oxygen atoms in total. The van der Waals surface area contributed by atoms with Gasteiger partial charge in [0.05, 0.1) is 0 Å². The first-order valence-electron chi connectivity index (χ1n) is 6.97. The van der Waals surface area contributed by atoms with Crippen LogP contribution in [-0.2, 0) is 0 Å². The van der Waals surface area contributed by atoms with Crippen LogP contribution in [0.5, 0.6) is 0 Å². The fraction of sp³-hybridized carbons (Fsp3) is 0.600. The molecule has 1 aromatic rings. The maximum Gasteiger partial charge on any atom is 0.225 e. The molecule has 1 aliphatic carbocycles. The molecule has 18 heavy (non-hydrogen) atoms. The lowest BCUT2D eigenvalue weighted by atomic mass is 9.71. The minimum absolute atomic E-state index is 0.486. The van der Waals surface area contributed by atoms with Crippen LogP contribution in [0.3, 0.4) is 0 Å². The first-order chi connectivity index (χ1) is 8.77. The molecule has 96 valence electrons. The highest BCUT2D eigenvalue weighted by molar-refractivity contribution is 5.32. The van der Waals surface area contributed by atoms with Crippen LogP contribution in [0.25, 0.3) is 0 Å². The molecule has 1 aliphatic heterocycles. The number of nitrogens with zero attached hydrogens (tertiary/aromatic N) is 3. The van der Waals surface area contributed by atoms with E-state index in [-0.39, 0.29) is 0 Å². The van der Waals surface area contributed by atoms with Crippen molar-refractivity contribution in [3.63, 3.8) is 0 Å². The molecule has 0 aromatic carbocycles. The Hall–Kier alpha value is -1.38. The van der Waals surface area contributed by atoms with E-state index in [2.05, 4.69) is 27.0 Å². The van der Waals surface area contributed by atoms with Crippen LogP contribution >= 0.6 is 0 Å².